The van der Waals surface area contributed by atoms with Crippen LogP contribution < -0.4 is 5.32 Å². The smallest absolute Gasteiger partial charge is 0.307 e. The lowest BCUT2D eigenvalue weighted by molar-refractivity contribution is -0.179. The average molecular weight is 382 g/mol. The number of nitriles is 1. The van der Waals surface area contributed by atoms with Crippen molar-refractivity contribution in [2.45, 2.75) is 63.6 Å². The topological polar surface area (TPSA) is 99.4 Å². The van der Waals surface area contributed by atoms with Gasteiger partial charge in [-0.3, -0.25) is 9.59 Å². The first-order valence-electron chi connectivity index (χ1n) is 10.0. The summed E-state index contributed by atoms with van der Waals surface area (Å²) >= 11 is 0. The number of esters is 1. The van der Waals surface area contributed by atoms with E-state index in [-0.39, 0.29) is 17.8 Å². The molecule has 0 aromatic heterocycles. The van der Waals surface area contributed by atoms with Gasteiger partial charge >= 0.3 is 5.97 Å². The highest BCUT2D eigenvalue weighted by Gasteiger charge is 2.57. The third-order valence-corrected chi connectivity index (χ3v) is 6.63. The second-order valence-electron chi connectivity index (χ2n) is 9.17. The first-order valence-corrected chi connectivity index (χ1v) is 10.0. The van der Waals surface area contributed by atoms with E-state index in [0.29, 0.717) is 29.5 Å². The van der Waals surface area contributed by atoms with Gasteiger partial charge in [-0.25, -0.2) is 0 Å². The van der Waals surface area contributed by atoms with Crippen LogP contribution in [-0.2, 0) is 14.3 Å². The molecule has 1 aromatic rings. The monoisotopic (exact) mass is 382 g/mol. The minimum atomic E-state index is -0.903. The highest BCUT2D eigenvalue weighted by Crippen LogP contribution is 2.62. The quantitative estimate of drug-likeness (QED) is 0.762. The molecule has 2 N–H and O–H groups in total. The van der Waals surface area contributed by atoms with Gasteiger partial charge in [-0.1, -0.05) is 0 Å². The lowest BCUT2D eigenvalue weighted by atomic mass is 9.47. The van der Waals surface area contributed by atoms with E-state index in [4.69, 9.17) is 10.00 Å². The van der Waals surface area contributed by atoms with Crippen LogP contribution in [0, 0.1) is 28.6 Å². The Morgan fingerprint density at radius 3 is 2.46 bits per heavy atom. The van der Waals surface area contributed by atoms with Crippen molar-refractivity contribution >= 4 is 17.6 Å². The maximum atomic E-state index is 12.6. The van der Waals surface area contributed by atoms with Crippen molar-refractivity contribution < 1.29 is 19.4 Å². The van der Waals surface area contributed by atoms with E-state index in [1.54, 1.807) is 31.2 Å². The first kappa shape index (κ1) is 18.9. The Hall–Kier alpha value is -2.39. The number of hydrogen-bond acceptors (Lipinski definition) is 5. The van der Waals surface area contributed by atoms with Crippen LogP contribution in [0.4, 0.5) is 5.69 Å². The summed E-state index contributed by atoms with van der Waals surface area (Å²) in [6.07, 6.45) is 4.90. The highest BCUT2D eigenvalue weighted by atomic mass is 16.5. The zero-order valence-corrected chi connectivity index (χ0v) is 16.1. The molecule has 6 nitrogen and oxygen atoms in total. The molecule has 1 amide bonds. The third-order valence-electron chi connectivity index (χ3n) is 6.63. The fourth-order valence-corrected chi connectivity index (χ4v) is 6.08. The van der Waals surface area contributed by atoms with Crippen LogP contribution in [-0.4, -0.2) is 28.7 Å². The Bertz CT molecular complexity index is 812. The fraction of sp³-hybridized carbons (Fsp3) is 0.591. The van der Waals surface area contributed by atoms with Crippen molar-refractivity contribution in [3.05, 3.63) is 29.8 Å². The largest absolute Gasteiger partial charge is 0.453 e. The molecule has 5 rings (SSSR count). The van der Waals surface area contributed by atoms with Gasteiger partial charge in [-0.2, -0.15) is 5.26 Å². The van der Waals surface area contributed by atoms with Crippen molar-refractivity contribution in [2.75, 3.05) is 5.32 Å². The average Bonchev–Trinajstić information content (AvgIpc) is 2.59. The number of anilines is 1. The van der Waals surface area contributed by atoms with Crippen molar-refractivity contribution in [1.82, 2.24) is 0 Å². The summed E-state index contributed by atoms with van der Waals surface area (Å²) in [6.45, 7) is 1.56. The molecule has 0 radical (unpaired) electrons. The molecule has 4 fully saturated rings. The van der Waals surface area contributed by atoms with E-state index in [1.165, 1.54) is 6.42 Å². The molecule has 6 heteroatoms. The number of aliphatic hydroxyl groups is 1. The number of nitrogens with zero attached hydrogens (tertiary/aromatic N) is 1. The van der Waals surface area contributed by atoms with Crippen molar-refractivity contribution in [2.24, 2.45) is 17.3 Å². The summed E-state index contributed by atoms with van der Waals surface area (Å²) < 4.78 is 5.42. The predicted molar refractivity (Wildman–Crippen MR) is 102 cm³/mol. The maximum absolute atomic E-state index is 12.6. The number of hydrogen-bond donors (Lipinski definition) is 2. The van der Waals surface area contributed by atoms with Gasteiger partial charge in [0.15, 0.2) is 6.10 Å². The van der Waals surface area contributed by atoms with E-state index in [0.717, 1.165) is 25.7 Å². The molecule has 1 aromatic carbocycles. The molecular formula is C22H26N2O4. The predicted octanol–water partition coefficient (Wildman–Crippen LogP) is 3.15. The summed E-state index contributed by atoms with van der Waals surface area (Å²) in [5, 5.41) is 22.3. The SMILES string of the molecule is C[C@@H](OC(=O)CC12C[C@@H]3C[C@@H](CC(O)(C3)C1)C2)C(=O)Nc1ccc(C#N)cc1. The van der Waals surface area contributed by atoms with Gasteiger partial charge < -0.3 is 15.2 Å². The second kappa shape index (κ2) is 6.89. The number of nitrogens with one attached hydrogen (secondary N) is 1. The van der Waals surface area contributed by atoms with Gasteiger partial charge in [0.25, 0.3) is 5.91 Å². The summed E-state index contributed by atoms with van der Waals surface area (Å²) in [6, 6.07) is 8.53. The van der Waals surface area contributed by atoms with Gasteiger partial charge in [0.2, 0.25) is 0 Å². The highest BCUT2D eigenvalue weighted by molar-refractivity contribution is 5.95. The fourth-order valence-electron chi connectivity index (χ4n) is 6.08. The Morgan fingerprint density at radius 2 is 1.89 bits per heavy atom. The van der Waals surface area contributed by atoms with Crippen molar-refractivity contribution in [3.63, 3.8) is 0 Å². The molecule has 0 aliphatic heterocycles. The second-order valence-corrected chi connectivity index (χ2v) is 9.17. The Morgan fingerprint density at radius 1 is 1.25 bits per heavy atom. The zero-order chi connectivity index (χ0) is 19.9. The van der Waals surface area contributed by atoms with E-state index in [1.807, 2.05) is 6.07 Å². The first-order chi connectivity index (χ1) is 13.3. The molecule has 0 saturated heterocycles. The van der Waals surface area contributed by atoms with Crippen LogP contribution in [0.3, 0.4) is 0 Å². The van der Waals surface area contributed by atoms with E-state index in [9.17, 15) is 14.7 Å². The van der Waals surface area contributed by atoms with Gasteiger partial charge in [0.1, 0.15) is 0 Å². The minimum Gasteiger partial charge on any atom is -0.453 e. The molecule has 4 bridgehead atoms. The summed E-state index contributed by atoms with van der Waals surface area (Å²) in [5.41, 5.74) is 0.284. The van der Waals surface area contributed by atoms with Gasteiger partial charge in [-0.15, -0.1) is 0 Å². The third kappa shape index (κ3) is 3.77. The van der Waals surface area contributed by atoms with E-state index in [2.05, 4.69) is 5.32 Å². The molecule has 0 heterocycles. The van der Waals surface area contributed by atoms with Crippen LogP contribution in [0.25, 0.3) is 0 Å². The Labute approximate surface area is 164 Å². The summed E-state index contributed by atoms with van der Waals surface area (Å²) in [7, 11) is 0. The van der Waals surface area contributed by atoms with Crippen LogP contribution >= 0.6 is 0 Å². The molecule has 4 saturated carbocycles. The molecule has 4 aliphatic rings. The van der Waals surface area contributed by atoms with E-state index < -0.39 is 17.6 Å². The minimum absolute atomic E-state index is 0.167. The standard InChI is InChI=1S/C22H26N2O4/c1-14(20(26)24-18-4-2-15(12-23)3-5-18)28-19(25)11-21-7-16-6-17(8-21)10-22(27,9-16)13-21/h2-5,14,16-17,27H,6-11,13H2,1H3,(H,24,26)/t14-,16-,17+,21?,22?/m1/s1. The van der Waals surface area contributed by atoms with Crippen LogP contribution in [0.5, 0.6) is 0 Å². The molecule has 5 atom stereocenters. The number of ether oxygens (including phenoxy) is 1. The van der Waals surface area contributed by atoms with Crippen LogP contribution in [0.2, 0.25) is 0 Å². The number of rotatable bonds is 5. The van der Waals surface area contributed by atoms with Crippen LogP contribution in [0.15, 0.2) is 24.3 Å². The summed E-state index contributed by atoms with van der Waals surface area (Å²) in [5.74, 6) is 0.252. The maximum Gasteiger partial charge on any atom is 0.307 e. The number of amides is 1. The number of carbonyl (C=O) groups excluding carboxylic acids is 2. The molecule has 4 aliphatic carbocycles. The molecule has 148 valence electrons. The van der Waals surface area contributed by atoms with Gasteiger partial charge in [0.05, 0.1) is 23.7 Å². The molecule has 2 unspecified atom stereocenters. The molecule has 28 heavy (non-hydrogen) atoms. The molecular weight excluding hydrogens is 356 g/mol. The summed E-state index contributed by atoms with van der Waals surface area (Å²) in [4.78, 5) is 24.9. The van der Waals surface area contributed by atoms with Gasteiger partial charge in [0, 0.05) is 5.69 Å². The lowest BCUT2D eigenvalue weighted by Crippen LogP contribution is -2.56. The lowest BCUT2D eigenvalue weighted by Gasteiger charge is -2.60. The molecule has 0 spiro atoms. The number of carbonyl (C=O) groups is 2. The van der Waals surface area contributed by atoms with Crippen molar-refractivity contribution in [1.29, 1.82) is 5.26 Å². The zero-order valence-electron chi connectivity index (χ0n) is 16.1. The Balaban J connectivity index is 1.33. The van der Waals surface area contributed by atoms with Gasteiger partial charge in [-0.05, 0) is 87.0 Å². The number of benzene rings is 1. The van der Waals surface area contributed by atoms with Crippen molar-refractivity contribution in [3.8, 4) is 6.07 Å². The van der Waals surface area contributed by atoms with Crippen LogP contribution in [0.1, 0.15) is 57.4 Å². The Kier molecular flexibility index (Phi) is 4.67. The normalized spacial score (nSPS) is 33.8. The van der Waals surface area contributed by atoms with E-state index >= 15 is 0 Å².